The smallest absolute Gasteiger partial charge is 0.123 e. The Morgan fingerprint density at radius 1 is 1.25 bits per heavy atom. The number of halogens is 1. The van der Waals surface area contributed by atoms with E-state index < -0.39 is 0 Å². The van der Waals surface area contributed by atoms with Crippen LogP contribution < -0.4 is 5.73 Å². The predicted octanol–water partition coefficient (Wildman–Crippen LogP) is 2.52. The van der Waals surface area contributed by atoms with Gasteiger partial charge in [0.15, 0.2) is 0 Å². The molecule has 16 heavy (non-hydrogen) atoms. The molecule has 0 spiro atoms. The summed E-state index contributed by atoms with van der Waals surface area (Å²) in [5.41, 5.74) is 7.68. The van der Waals surface area contributed by atoms with Gasteiger partial charge >= 0.3 is 0 Å². The second-order valence-corrected chi connectivity index (χ2v) is 3.99. The lowest BCUT2D eigenvalue weighted by Gasteiger charge is -2.21. The van der Waals surface area contributed by atoms with E-state index in [0.29, 0.717) is 6.54 Å². The van der Waals surface area contributed by atoms with Gasteiger partial charge in [0.2, 0.25) is 0 Å². The number of hydrogen-bond donors (Lipinski definition) is 1. The Bertz CT molecular complexity index is 326. The van der Waals surface area contributed by atoms with E-state index in [4.69, 9.17) is 5.73 Å². The minimum Gasteiger partial charge on any atom is -0.326 e. The maximum Gasteiger partial charge on any atom is 0.123 e. The van der Waals surface area contributed by atoms with Gasteiger partial charge in [-0.1, -0.05) is 19.9 Å². The van der Waals surface area contributed by atoms with E-state index in [2.05, 4.69) is 18.7 Å². The molecule has 0 fully saturated rings. The summed E-state index contributed by atoms with van der Waals surface area (Å²) in [5.74, 6) is -0.206. The molecule has 0 aliphatic carbocycles. The first-order chi connectivity index (χ1) is 7.71. The Labute approximate surface area is 97.3 Å². The van der Waals surface area contributed by atoms with Crippen LogP contribution >= 0.6 is 0 Å². The van der Waals surface area contributed by atoms with Crippen LogP contribution in [0.2, 0.25) is 0 Å². The molecule has 0 bridgehead atoms. The van der Waals surface area contributed by atoms with Crippen LogP contribution in [-0.4, -0.2) is 18.0 Å². The topological polar surface area (TPSA) is 29.3 Å². The van der Waals surface area contributed by atoms with Gasteiger partial charge in [-0.15, -0.1) is 0 Å². The van der Waals surface area contributed by atoms with Crippen molar-refractivity contribution in [3.63, 3.8) is 0 Å². The molecule has 0 amide bonds. The highest BCUT2D eigenvalue weighted by Crippen LogP contribution is 2.13. The predicted molar refractivity (Wildman–Crippen MR) is 65.5 cm³/mol. The van der Waals surface area contributed by atoms with Gasteiger partial charge in [-0.05, 0) is 42.8 Å². The van der Waals surface area contributed by atoms with Crippen LogP contribution in [0.4, 0.5) is 4.39 Å². The third-order valence-electron chi connectivity index (χ3n) is 2.77. The Morgan fingerprint density at radius 3 is 2.56 bits per heavy atom. The summed E-state index contributed by atoms with van der Waals surface area (Å²) in [7, 11) is 0. The van der Waals surface area contributed by atoms with E-state index in [9.17, 15) is 4.39 Å². The summed E-state index contributed by atoms with van der Waals surface area (Å²) in [6.45, 7) is 7.64. The van der Waals surface area contributed by atoms with Crippen LogP contribution in [0, 0.1) is 5.82 Å². The quantitative estimate of drug-likeness (QED) is 0.804. The fourth-order valence-electron chi connectivity index (χ4n) is 1.84. The fourth-order valence-corrected chi connectivity index (χ4v) is 1.84. The summed E-state index contributed by atoms with van der Waals surface area (Å²) in [6, 6.07) is 4.89. The van der Waals surface area contributed by atoms with Gasteiger partial charge in [0.25, 0.3) is 0 Å². The van der Waals surface area contributed by atoms with E-state index in [1.165, 1.54) is 12.1 Å². The van der Waals surface area contributed by atoms with Crippen LogP contribution in [0.25, 0.3) is 0 Å². The summed E-state index contributed by atoms with van der Waals surface area (Å²) < 4.78 is 13.0. The van der Waals surface area contributed by atoms with Crippen molar-refractivity contribution in [1.29, 1.82) is 0 Å². The van der Waals surface area contributed by atoms with Gasteiger partial charge in [0, 0.05) is 13.1 Å². The monoisotopic (exact) mass is 224 g/mol. The molecule has 0 saturated carbocycles. The van der Waals surface area contributed by atoms with Crippen molar-refractivity contribution < 1.29 is 4.39 Å². The first kappa shape index (κ1) is 13.1. The number of rotatable bonds is 6. The normalized spacial score (nSPS) is 11.1. The molecule has 0 radical (unpaired) electrons. The van der Waals surface area contributed by atoms with Crippen LogP contribution in [0.15, 0.2) is 18.2 Å². The first-order valence-corrected chi connectivity index (χ1v) is 5.91. The number of nitrogens with zero attached hydrogens (tertiary/aromatic N) is 1. The SMILES string of the molecule is CCCN(CC)Cc1ccc(F)cc1CN. The lowest BCUT2D eigenvalue weighted by Crippen LogP contribution is -2.24. The molecule has 1 aromatic carbocycles. The number of hydrogen-bond acceptors (Lipinski definition) is 2. The Balaban J connectivity index is 2.78. The standard InChI is InChI=1S/C13H21FN2/c1-3-7-16(4-2)10-11-5-6-13(14)8-12(11)9-15/h5-6,8H,3-4,7,9-10,15H2,1-2H3. The molecule has 0 heterocycles. The fraction of sp³-hybridized carbons (Fsp3) is 0.538. The van der Waals surface area contributed by atoms with Gasteiger partial charge in [0.1, 0.15) is 5.82 Å². The molecule has 0 aliphatic heterocycles. The zero-order valence-corrected chi connectivity index (χ0v) is 10.2. The molecule has 0 aromatic heterocycles. The number of benzene rings is 1. The second kappa shape index (κ2) is 6.61. The van der Waals surface area contributed by atoms with Crippen LogP contribution in [-0.2, 0) is 13.1 Å². The van der Waals surface area contributed by atoms with Crippen molar-refractivity contribution in [2.45, 2.75) is 33.4 Å². The average molecular weight is 224 g/mol. The molecule has 1 aromatic rings. The lowest BCUT2D eigenvalue weighted by molar-refractivity contribution is 0.279. The Hall–Kier alpha value is -0.930. The molecule has 0 unspecified atom stereocenters. The second-order valence-electron chi connectivity index (χ2n) is 3.99. The molecule has 0 saturated heterocycles. The highest BCUT2D eigenvalue weighted by molar-refractivity contribution is 5.27. The molecular weight excluding hydrogens is 203 g/mol. The van der Waals surface area contributed by atoms with Crippen molar-refractivity contribution >= 4 is 0 Å². The average Bonchev–Trinajstić information content (AvgIpc) is 2.30. The van der Waals surface area contributed by atoms with Crippen molar-refractivity contribution in [1.82, 2.24) is 4.90 Å². The molecule has 1 rings (SSSR count). The minimum atomic E-state index is -0.206. The third-order valence-corrected chi connectivity index (χ3v) is 2.77. The van der Waals surface area contributed by atoms with Crippen LogP contribution in [0.3, 0.4) is 0 Å². The molecule has 2 N–H and O–H groups in total. The summed E-state index contributed by atoms with van der Waals surface area (Å²) in [4.78, 5) is 2.34. The highest BCUT2D eigenvalue weighted by atomic mass is 19.1. The number of nitrogens with two attached hydrogens (primary N) is 1. The molecule has 0 aliphatic rings. The zero-order valence-electron chi connectivity index (χ0n) is 10.2. The highest BCUT2D eigenvalue weighted by Gasteiger charge is 2.07. The van der Waals surface area contributed by atoms with Gasteiger partial charge < -0.3 is 5.73 Å². The largest absolute Gasteiger partial charge is 0.326 e. The zero-order chi connectivity index (χ0) is 12.0. The molecule has 3 heteroatoms. The lowest BCUT2D eigenvalue weighted by atomic mass is 10.1. The first-order valence-electron chi connectivity index (χ1n) is 5.91. The van der Waals surface area contributed by atoms with Gasteiger partial charge in [-0.3, -0.25) is 4.90 Å². The van der Waals surface area contributed by atoms with Gasteiger partial charge in [-0.2, -0.15) is 0 Å². The minimum absolute atomic E-state index is 0.206. The van der Waals surface area contributed by atoms with E-state index in [-0.39, 0.29) is 5.82 Å². The van der Waals surface area contributed by atoms with E-state index >= 15 is 0 Å². The van der Waals surface area contributed by atoms with Crippen molar-refractivity contribution in [3.05, 3.63) is 35.1 Å². The molecular formula is C13H21FN2. The Kier molecular flexibility index (Phi) is 5.43. The third kappa shape index (κ3) is 3.58. The van der Waals surface area contributed by atoms with Crippen molar-refractivity contribution in [2.75, 3.05) is 13.1 Å². The van der Waals surface area contributed by atoms with Crippen LogP contribution in [0.5, 0.6) is 0 Å². The molecule has 90 valence electrons. The van der Waals surface area contributed by atoms with E-state index in [1.54, 1.807) is 0 Å². The van der Waals surface area contributed by atoms with Crippen LogP contribution in [0.1, 0.15) is 31.4 Å². The summed E-state index contributed by atoms with van der Waals surface area (Å²) in [6.07, 6.45) is 1.13. The van der Waals surface area contributed by atoms with Crippen molar-refractivity contribution in [2.24, 2.45) is 5.73 Å². The maximum atomic E-state index is 13.0. The Morgan fingerprint density at radius 2 is 2.00 bits per heavy atom. The molecule has 0 atom stereocenters. The van der Waals surface area contributed by atoms with E-state index in [1.807, 2.05) is 6.07 Å². The van der Waals surface area contributed by atoms with Gasteiger partial charge in [0.05, 0.1) is 0 Å². The van der Waals surface area contributed by atoms with Crippen molar-refractivity contribution in [3.8, 4) is 0 Å². The maximum absolute atomic E-state index is 13.0. The summed E-state index contributed by atoms with van der Waals surface area (Å²) in [5, 5.41) is 0. The molecule has 2 nitrogen and oxygen atoms in total. The van der Waals surface area contributed by atoms with E-state index in [0.717, 1.165) is 37.2 Å². The summed E-state index contributed by atoms with van der Waals surface area (Å²) >= 11 is 0. The van der Waals surface area contributed by atoms with Gasteiger partial charge in [-0.25, -0.2) is 4.39 Å².